The van der Waals surface area contributed by atoms with Gasteiger partial charge in [-0.25, -0.2) is 8.42 Å². The molecule has 0 radical (unpaired) electrons. The molecule has 43 heavy (non-hydrogen) atoms. The van der Waals surface area contributed by atoms with Crippen molar-refractivity contribution in [3.8, 4) is 5.75 Å². The minimum absolute atomic E-state index is 0.0871. The number of benzene rings is 3. The van der Waals surface area contributed by atoms with E-state index in [1.54, 1.807) is 18.1 Å². The molecule has 1 aliphatic carbocycles. The van der Waals surface area contributed by atoms with Crippen LogP contribution in [0.15, 0.2) is 78.9 Å². The number of hydrogen-bond donors (Lipinski definition) is 1. The molecule has 1 N–H and O–H groups in total. The van der Waals surface area contributed by atoms with Crippen LogP contribution in [0.25, 0.3) is 0 Å². The Morgan fingerprint density at radius 3 is 2.33 bits per heavy atom. The van der Waals surface area contributed by atoms with E-state index in [2.05, 4.69) is 5.32 Å². The highest BCUT2D eigenvalue weighted by molar-refractivity contribution is 7.92. The number of nitrogens with zero attached hydrogens (tertiary/aromatic N) is 2. The molecule has 3 aromatic rings. The SMILES string of the molecule is COc1cccc(CN(C(=O)CCCN(c2cccc(C)c2)S(C)(=O)=O)[C@H](Cc2ccccc2)C(=O)NC2CCCC2)c1. The van der Waals surface area contributed by atoms with Crippen LogP contribution in [-0.2, 0) is 32.6 Å². The summed E-state index contributed by atoms with van der Waals surface area (Å²) in [5.41, 5.74) is 3.32. The molecule has 8 nitrogen and oxygen atoms in total. The molecule has 9 heteroatoms. The molecule has 230 valence electrons. The number of amides is 2. The Labute approximate surface area is 256 Å². The van der Waals surface area contributed by atoms with Gasteiger partial charge in [0.15, 0.2) is 0 Å². The predicted molar refractivity (Wildman–Crippen MR) is 170 cm³/mol. The van der Waals surface area contributed by atoms with E-state index in [1.165, 1.54) is 10.6 Å². The van der Waals surface area contributed by atoms with Gasteiger partial charge in [-0.3, -0.25) is 13.9 Å². The van der Waals surface area contributed by atoms with Crippen molar-refractivity contribution in [1.29, 1.82) is 0 Å². The molecule has 0 spiro atoms. The van der Waals surface area contributed by atoms with Crippen molar-refractivity contribution >= 4 is 27.5 Å². The highest BCUT2D eigenvalue weighted by Crippen LogP contribution is 2.23. The minimum atomic E-state index is -3.56. The predicted octanol–water partition coefficient (Wildman–Crippen LogP) is 5.25. The van der Waals surface area contributed by atoms with Crippen molar-refractivity contribution in [3.05, 3.63) is 95.6 Å². The zero-order valence-electron chi connectivity index (χ0n) is 25.4. The van der Waals surface area contributed by atoms with Gasteiger partial charge in [-0.15, -0.1) is 0 Å². The molecule has 1 fully saturated rings. The van der Waals surface area contributed by atoms with Crippen LogP contribution in [0.4, 0.5) is 5.69 Å². The van der Waals surface area contributed by atoms with Crippen LogP contribution in [0, 0.1) is 6.92 Å². The second-order valence-electron chi connectivity index (χ2n) is 11.3. The zero-order valence-corrected chi connectivity index (χ0v) is 26.2. The van der Waals surface area contributed by atoms with Crippen molar-refractivity contribution in [2.45, 2.75) is 70.5 Å². The fraction of sp³-hybridized carbons (Fsp3) is 0.412. The van der Waals surface area contributed by atoms with Crippen LogP contribution in [0.3, 0.4) is 0 Å². The summed E-state index contributed by atoms with van der Waals surface area (Å²) in [7, 11) is -1.97. The summed E-state index contributed by atoms with van der Waals surface area (Å²) in [6.07, 6.45) is 5.98. The Kier molecular flexibility index (Phi) is 11.2. The van der Waals surface area contributed by atoms with Crippen molar-refractivity contribution in [1.82, 2.24) is 10.2 Å². The number of anilines is 1. The lowest BCUT2D eigenvalue weighted by Crippen LogP contribution is -2.52. The summed E-state index contributed by atoms with van der Waals surface area (Å²) in [6, 6.07) is 23.9. The van der Waals surface area contributed by atoms with Gasteiger partial charge < -0.3 is 15.0 Å². The van der Waals surface area contributed by atoms with E-state index in [4.69, 9.17) is 4.74 Å². The zero-order chi connectivity index (χ0) is 30.8. The van der Waals surface area contributed by atoms with E-state index in [0.717, 1.165) is 42.4 Å². The maximum Gasteiger partial charge on any atom is 0.243 e. The van der Waals surface area contributed by atoms with E-state index in [-0.39, 0.29) is 37.4 Å². The Bertz CT molecular complexity index is 1470. The summed E-state index contributed by atoms with van der Waals surface area (Å²) in [5.74, 6) is 0.300. The van der Waals surface area contributed by atoms with Gasteiger partial charge >= 0.3 is 0 Å². The van der Waals surface area contributed by atoms with Crippen LogP contribution in [-0.4, -0.2) is 57.1 Å². The molecule has 3 aromatic carbocycles. The van der Waals surface area contributed by atoms with E-state index in [0.29, 0.717) is 24.3 Å². The number of methoxy groups -OCH3 is 1. The number of nitrogens with one attached hydrogen (secondary N) is 1. The van der Waals surface area contributed by atoms with E-state index in [1.807, 2.05) is 79.7 Å². The lowest BCUT2D eigenvalue weighted by atomic mass is 10.0. The molecule has 0 heterocycles. The first-order valence-corrected chi connectivity index (χ1v) is 16.8. The second-order valence-corrected chi connectivity index (χ2v) is 13.3. The van der Waals surface area contributed by atoms with Crippen molar-refractivity contribution in [3.63, 3.8) is 0 Å². The van der Waals surface area contributed by atoms with Crippen LogP contribution in [0.2, 0.25) is 0 Å². The molecule has 1 saturated carbocycles. The number of aryl methyl sites for hydroxylation is 1. The van der Waals surface area contributed by atoms with Crippen molar-refractivity contribution in [2.75, 3.05) is 24.2 Å². The summed E-state index contributed by atoms with van der Waals surface area (Å²) < 4.78 is 32.1. The van der Waals surface area contributed by atoms with Gasteiger partial charge in [0.05, 0.1) is 19.1 Å². The summed E-state index contributed by atoms with van der Waals surface area (Å²) in [4.78, 5) is 29.6. The lowest BCUT2D eigenvalue weighted by Gasteiger charge is -2.33. The first-order valence-electron chi connectivity index (χ1n) is 14.9. The van der Waals surface area contributed by atoms with E-state index in [9.17, 15) is 18.0 Å². The van der Waals surface area contributed by atoms with Crippen LogP contribution >= 0.6 is 0 Å². The van der Waals surface area contributed by atoms with Crippen molar-refractivity contribution < 1.29 is 22.7 Å². The minimum Gasteiger partial charge on any atom is -0.497 e. The molecule has 1 atom stereocenters. The molecule has 0 aromatic heterocycles. The first-order chi connectivity index (χ1) is 20.6. The van der Waals surface area contributed by atoms with Gasteiger partial charge in [0, 0.05) is 32.0 Å². The maximum absolute atomic E-state index is 14.0. The van der Waals surface area contributed by atoms with E-state index < -0.39 is 16.1 Å². The van der Waals surface area contributed by atoms with Crippen molar-refractivity contribution in [2.24, 2.45) is 0 Å². The number of rotatable bonds is 14. The number of carbonyl (C=O) groups excluding carboxylic acids is 2. The molecule has 0 aliphatic heterocycles. The quantitative estimate of drug-likeness (QED) is 0.271. The third kappa shape index (κ3) is 9.32. The first kappa shape index (κ1) is 32.1. The van der Waals surface area contributed by atoms with E-state index >= 15 is 0 Å². The standard InChI is InChI=1S/C34H43N3O5S/c1-26-12-9-18-30(22-26)37(43(3,40)41)21-11-20-33(38)36(25-28-15-10-19-31(23-28)42-2)32(24-27-13-5-4-6-14-27)34(39)35-29-16-7-8-17-29/h4-6,9-10,12-15,18-19,22-23,29,32H,7-8,11,16-17,20-21,24-25H2,1-3H3,(H,35,39)/t32-/m1/s1. The third-order valence-corrected chi connectivity index (χ3v) is 9.10. The highest BCUT2D eigenvalue weighted by atomic mass is 32.2. The summed E-state index contributed by atoms with van der Waals surface area (Å²) >= 11 is 0. The van der Waals surface area contributed by atoms with Gasteiger partial charge in [-0.05, 0) is 67.1 Å². The third-order valence-electron chi connectivity index (χ3n) is 7.90. The fourth-order valence-corrected chi connectivity index (χ4v) is 6.63. The fourth-order valence-electron chi connectivity index (χ4n) is 5.68. The average molecular weight is 606 g/mol. The number of carbonyl (C=O) groups is 2. The van der Waals surface area contributed by atoms with Gasteiger partial charge in [-0.1, -0.05) is 67.4 Å². The largest absolute Gasteiger partial charge is 0.497 e. The van der Waals surface area contributed by atoms with Gasteiger partial charge in [-0.2, -0.15) is 0 Å². The van der Waals surface area contributed by atoms with Crippen LogP contribution < -0.4 is 14.4 Å². The second kappa shape index (κ2) is 15.0. The Balaban J connectivity index is 1.60. The number of ether oxygens (including phenoxy) is 1. The molecule has 0 saturated heterocycles. The Hall–Kier alpha value is -3.85. The van der Waals surface area contributed by atoms with Crippen LogP contribution in [0.5, 0.6) is 5.75 Å². The molecule has 4 rings (SSSR count). The van der Waals surface area contributed by atoms with Gasteiger partial charge in [0.1, 0.15) is 11.8 Å². The molecule has 0 unspecified atom stereocenters. The Morgan fingerprint density at radius 1 is 0.953 bits per heavy atom. The highest BCUT2D eigenvalue weighted by Gasteiger charge is 2.32. The molecular weight excluding hydrogens is 562 g/mol. The lowest BCUT2D eigenvalue weighted by molar-refractivity contribution is -0.141. The smallest absolute Gasteiger partial charge is 0.243 e. The number of sulfonamides is 1. The maximum atomic E-state index is 14.0. The topological polar surface area (TPSA) is 96.0 Å². The van der Waals surface area contributed by atoms with Gasteiger partial charge in [0.2, 0.25) is 21.8 Å². The molecular formula is C34H43N3O5S. The molecule has 0 bridgehead atoms. The Morgan fingerprint density at radius 2 is 1.65 bits per heavy atom. The average Bonchev–Trinajstić information content (AvgIpc) is 3.50. The normalized spacial score (nSPS) is 14.2. The summed E-state index contributed by atoms with van der Waals surface area (Å²) in [5, 5.41) is 3.22. The number of hydrogen-bond acceptors (Lipinski definition) is 5. The summed E-state index contributed by atoms with van der Waals surface area (Å²) in [6.45, 7) is 2.28. The van der Waals surface area contributed by atoms with Crippen LogP contribution in [0.1, 0.15) is 55.2 Å². The molecule has 1 aliphatic rings. The van der Waals surface area contributed by atoms with Gasteiger partial charge in [0.25, 0.3) is 0 Å². The molecule has 2 amide bonds. The monoisotopic (exact) mass is 605 g/mol.